The first-order chi connectivity index (χ1) is 16.9. The van der Waals surface area contributed by atoms with Gasteiger partial charge in [0.1, 0.15) is 12.3 Å². The minimum atomic E-state index is -5.09. The van der Waals surface area contributed by atoms with E-state index in [0.29, 0.717) is 0 Å². The molecule has 2 aromatic rings. The number of nitrogens with zero attached hydrogens (tertiary/aromatic N) is 2. The van der Waals surface area contributed by atoms with Gasteiger partial charge in [-0.1, -0.05) is 6.07 Å². The van der Waals surface area contributed by atoms with Gasteiger partial charge in [0.2, 0.25) is 0 Å². The van der Waals surface area contributed by atoms with Crippen molar-refractivity contribution in [2.24, 2.45) is 0 Å². The molecule has 1 aliphatic heterocycles. The molecule has 4 N–H and O–H groups in total. The van der Waals surface area contributed by atoms with Crippen LogP contribution in [0.4, 0.5) is 18.9 Å². The number of aromatic amines is 1. The van der Waals surface area contributed by atoms with Crippen LogP contribution >= 0.6 is 0 Å². The number of benzene rings is 1. The van der Waals surface area contributed by atoms with Crippen LogP contribution in [-0.4, -0.2) is 55.6 Å². The molecule has 0 saturated carbocycles. The van der Waals surface area contributed by atoms with Crippen LogP contribution in [0.2, 0.25) is 0 Å². The molecule has 196 valence electrons. The number of aliphatic hydroxyl groups excluding tert-OH is 2. The third-order valence-electron chi connectivity index (χ3n) is 5.31. The van der Waals surface area contributed by atoms with Gasteiger partial charge < -0.3 is 25.0 Å². The van der Waals surface area contributed by atoms with Crippen molar-refractivity contribution in [3.8, 4) is 0 Å². The maximum absolute atomic E-state index is 12.3. The zero-order valence-corrected chi connectivity index (χ0v) is 18.4. The van der Waals surface area contributed by atoms with Crippen molar-refractivity contribution < 1.29 is 42.6 Å². The Bertz CT molecular complexity index is 1240. The molecule has 16 heteroatoms. The van der Waals surface area contributed by atoms with E-state index >= 15 is 0 Å². The lowest BCUT2D eigenvalue weighted by Crippen LogP contribution is -2.36. The van der Waals surface area contributed by atoms with Gasteiger partial charge in [-0.25, -0.2) is 4.79 Å². The van der Waals surface area contributed by atoms with E-state index in [2.05, 4.69) is 4.98 Å². The van der Waals surface area contributed by atoms with E-state index in [1.54, 1.807) is 5.32 Å². The predicted octanol–water partition coefficient (Wildman–Crippen LogP) is -0.0192. The average Bonchev–Trinajstić information content (AvgIpc) is 3.18. The van der Waals surface area contributed by atoms with Gasteiger partial charge in [0.05, 0.1) is 42.0 Å². The molecule has 3 rings (SSSR count). The molecule has 3 atom stereocenters. The molecule has 1 saturated heterocycles. The number of nitro benzene ring substituents is 1. The minimum Gasteiger partial charge on any atom is -0.394 e. The van der Waals surface area contributed by atoms with E-state index in [9.17, 15) is 47.9 Å². The zero-order valence-electron chi connectivity index (χ0n) is 18.4. The fourth-order valence-electron chi connectivity index (χ4n) is 3.46. The fraction of sp³-hybridized carbons (Fsp3) is 0.450. The molecule has 1 aromatic carbocycles. The number of halogens is 3. The Morgan fingerprint density at radius 1 is 1.31 bits per heavy atom. The number of aliphatic hydroxyl groups is 2. The Hall–Kier alpha value is -3.60. The number of carbonyl (C=O) groups excluding carboxylic acids is 1. The summed E-state index contributed by atoms with van der Waals surface area (Å²) in [6.45, 7) is -1.81. The minimum absolute atomic E-state index is 0.0144. The summed E-state index contributed by atoms with van der Waals surface area (Å²) in [6, 6.07) is 3.50. The predicted molar refractivity (Wildman–Crippen MR) is 112 cm³/mol. The van der Waals surface area contributed by atoms with Crippen LogP contribution in [0.15, 0.2) is 34.0 Å². The SMILES string of the molecule is O=C(NCc1ccc(COCc2cn([C@H]3CC(O)[C@@H](CO)O3)c(=O)[nH]c2=O)c([N+](=O)[O-])c1)C(F)(F)F. The highest BCUT2D eigenvalue weighted by Crippen LogP contribution is 2.27. The van der Waals surface area contributed by atoms with E-state index in [0.717, 1.165) is 16.8 Å². The molecular weight excluding hydrogens is 497 g/mol. The summed E-state index contributed by atoms with van der Waals surface area (Å²) in [7, 11) is 0. The van der Waals surface area contributed by atoms with E-state index in [4.69, 9.17) is 9.47 Å². The number of carbonyl (C=O) groups is 1. The van der Waals surface area contributed by atoms with Crippen molar-refractivity contribution in [1.29, 1.82) is 0 Å². The van der Waals surface area contributed by atoms with Gasteiger partial charge in [0, 0.05) is 25.2 Å². The van der Waals surface area contributed by atoms with Crippen molar-refractivity contribution in [2.75, 3.05) is 6.61 Å². The highest BCUT2D eigenvalue weighted by atomic mass is 19.4. The molecule has 0 aliphatic carbocycles. The largest absolute Gasteiger partial charge is 0.471 e. The summed E-state index contributed by atoms with van der Waals surface area (Å²) in [5.41, 5.74) is -2.01. The van der Waals surface area contributed by atoms with E-state index in [1.807, 2.05) is 0 Å². The molecule has 36 heavy (non-hydrogen) atoms. The Kier molecular flexibility index (Phi) is 8.24. The first-order valence-corrected chi connectivity index (χ1v) is 10.4. The molecule has 2 heterocycles. The topological polar surface area (TPSA) is 186 Å². The molecule has 1 fully saturated rings. The molecule has 1 amide bonds. The number of amides is 1. The fourth-order valence-corrected chi connectivity index (χ4v) is 3.46. The number of aromatic nitrogens is 2. The lowest BCUT2D eigenvalue weighted by atomic mass is 10.1. The number of hydrogen-bond acceptors (Lipinski definition) is 9. The highest BCUT2D eigenvalue weighted by Gasteiger charge is 2.38. The molecule has 1 aromatic heterocycles. The van der Waals surface area contributed by atoms with Gasteiger partial charge in [-0.2, -0.15) is 13.2 Å². The van der Waals surface area contributed by atoms with Crippen LogP contribution in [0.25, 0.3) is 0 Å². The van der Waals surface area contributed by atoms with Crippen LogP contribution in [0.5, 0.6) is 0 Å². The Morgan fingerprint density at radius 2 is 2.00 bits per heavy atom. The van der Waals surface area contributed by atoms with Gasteiger partial charge in [-0.15, -0.1) is 0 Å². The number of ether oxygens (including phenoxy) is 2. The average molecular weight is 518 g/mol. The Labute approximate surface area is 199 Å². The van der Waals surface area contributed by atoms with Crippen LogP contribution in [0.3, 0.4) is 0 Å². The van der Waals surface area contributed by atoms with Crippen molar-refractivity contribution in [2.45, 2.75) is 50.8 Å². The van der Waals surface area contributed by atoms with Gasteiger partial charge >= 0.3 is 17.8 Å². The molecule has 0 spiro atoms. The second-order valence-corrected chi connectivity index (χ2v) is 7.83. The first-order valence-electron chi connectivity index (χ1n) is 10.4. The molecule has 0 radical (unpaired) electrons. The number of rotatable bonds is 9. The monoisotopic (exact) mass is 518 g/mol. The Balaban J connectivity index is 1.69. The van der Waals surface area contributed by atoms with E-state index in [-0.39, 0.29) is 36.3 Å². The van der Waals surface area contributed by atoms with Crippen molar-refractivity contribution in [3.63, 3.8) is 0 Å². The number of hydrogen-bond donors (Lipinski definition) is 4. The van der Waals surface area contributed by atoms with E-state index in [1.165, 1.54) is 12.1 Å². The lowest BCUT2D eigenvalue weighted by molar-refractivity contribution is -0.386. The molecule has 1 aliphatic rings. The highest BCUT2D eigenvalue weighted by molar-refractivity contribution is 5.81. The number of alkyl halides is 3. The van der Waals surface area contributed by atoms with Crippen LogP contribution in [0.1, 0.15) is 29.3 Å². The summed E-state index contributed by atoms with van der Waals surface area (Å²) in [5.74, 6) is -2.19. The number of H-pyrrole nitrogens is 1. The molecule has 0 bridgehead atoms. The second kappa shape index (κ2) is 11.0. The zero-order chi connectivity index (χ0) is 26.6. The second-order valence-electron chi connectivity index (χ2n) is 7.83. The van der Waals surface area contributed by atoms with Gasteiger partial charge in [0.15, 0.2) is 0 Å². The summed E-state index contributed by atoms with van der Waals surface area (Å²) < 4.78 is 48.7. The van der Waals surface area contributed by atoms with Crippen molar-refractivity contribution >= 4 is 11.6 Å². The van der Waals surface area contributed by atoms with Gasteiger partial charge in [-0.05, 0) is 11.6 Å². The maximum atomic E-state index is 12.3. The van der Waals surface area contributed by atoms with Gasteiger partial charge in [0.25, 0.3) is 11.2 Å². The smallest absolute Gasteiger partial charge is 0.394 e. The summed E-state index contributed by atoms with van der Waals surface area (Å²) in [4.78, 5) is 47.9. The summed E-state index contributed by atoms with van der Waals surface area (Å²) in [5, 5.41) is 32.1. The quantitative estimate of drug-likeness (QED) is 0.261. The van der Waals surface area contributed by atoms with Crippen LogP contribution < -0.4 is 16.6 Å². The lowest BCUT2D eigenvalue weighted by Gasteiger charge is -2.15. The third kappa shape index (κ3) is 6.34. The van der Waals surface area contributed by atoms with Crippen LogP contribution in [-0.2, 0) is 34.0 Å². The summed E-state index contributed by atoms with van der Waals surface area (Å²) in [6.07, 6.45) is -6.84. The van der Waals surface area contributed by atoms with Crippen LogP contribution in [0, 0.1) is 10.1 Å². The van der Waals surface area contributed by atoms with Gasteiger partial charge in [-0.3, -0.25) is 29.3 Å². The summed E-state index contributed by atoms with van der Waals surface area (Å²) >= 11 is 0. The standard InChI is InChI=1S/C20H21F3N4O9/c21-20(22,23)18(31)24-5-10-1-2-11(13(3-10)27(33)34)8-35-9-12-6-26(19(32)25-17(12)30)16-4-14(29)15(7-28)36-16/h1-3,6,14-16,28-29H,4-5,7-9H2,(H,24,31)(H,25,30,32)/t14?,15-,16-/m1/s1. The maximum Gasteiger partial charge on any atom is 0.471 e. The Morgan fingerprint density at radius 3 is 2.61 bits per heavy atom. The normalized spacial score (nSPS) is 19.9. The van der Waals surface area contributed by atoms with Crippen molar-refractivity contribution in [3.05, 3.63) is 72.0 Å². The number of nitro groups is 1. The molecule has 13 nitrogen and oxygen atoms in total. The number of nitrogens with one attached hydrogen (secondary N) is 2. The third-order valence-corrected chi connectivity index (χ3v) is 5.31. The molecule has 1 unspecified atom stereocenters. The van der Waals surface area contributed by atoms with E-state index < -0.39 is 65.5 Å². The van der Waals surface area contributed by atoms with Crippen molar-refractivity contribution in [1.82, 2.24) is 14.9 Å². The molecular formula is C20H21F3N4O9. The first kappa shape index (κ1) is 27.0.